The molecule has 3 rings (SSSR count). The minimum Gasteiger partial charge on any atom is -0.375 e. The van der Waals surface area contributed by atoms with Crippen molar-refractivity contribution in [2.45, 2.75) is 32.9 Å². The van der Waals surface area contributed by atoms with Gasteiger partial charge in [0.1, 0.15) is 5.82 Å². The van der Waals surface area contributed by atoms with Crippen LogP contribution in [0.4, 0.5) is 11.5 Å². The van der Waals surface area contributed by atoms with Gasteiger partial charge in [-0.3, -0.25) is 0 Å². The summed E-state index contributed by atoms with van der Waals surface area (Å²) in [7, 11) is 0. The fraction of sp³-hybridized carbons (Fsp3) is 0.467. The lowest BCUT2D eigenvalue weighted by Crippen LogP contribution is -2.21. The largest absolute Gasteiger partial charge is 0.375 e. The van der Waals surface area contributed by atoms with Gasteiger partial charge in [0.2, 0.25) is 0 Å². The highest BCUT2D eigenvalue weighted by Gasteiger charge is 2.16. The van der Waals surface area contributed by atoms with E-state index in [0.29, 0.717) is 0 Å². The van der Waals surface area contributed by atoms with E-state index >= 15 is 0 Å². The molecule has 106 valence electrons. The molecule has 1 N–H and O–H groups in total. The van der Waals surface area contributed by atoms with Crippen molar-refractivity contribution >= 4 is 11.5 Å². The zero-order chi connectivity index (χ0) is 13.8. The summed E-state index contributed by atoms with van der Waals surface area (Å²) in [4.78, 5) is 11.3. The lowest BCUT2D eigenvalue weighted by molar-refractivity contribution is 0.708. The molecule has 0 unspecified atom stereocenters. The molecule has 0 radical (unpaired) electrons. The van der Waals surface area contributed by atoms with Crippen molar-refractivity contribution in [3.05, 3.63) is 36.5 Å². The maximum absolute atomic E-state index is 4.54. The Hall–Kier alpha value is -2.04. The summed E-state index contributed by atoms with van der Waals surface area (Å²) in [5.74, 6) is 2.13. The van der Waals surface area contributed by atoms with E-state index < -0.39 is 0 Å². The summed E-state index contributed by atoms with van der Waals surface area (Å²) < 4.78 is 2.15. The first-order valence-corrected chi connectivity index (χ1v) is 7.32. The zero-order valence-corrected chi connectivity index (χ0v) is 11.9. The number of aryl methyl sites for hydroxylation is 1. The Labute approximate surface area is 119 Å². The number of rotatable bonds is 5. The van der Waals surface area contributed by atoms with E-state index in [1.165, 1.54) is 12.8 Å². The molecule has 0 saturated carbocycles. The predicted molar refractivity (Wildman–Crippen MR) is 80.9 cm³/mol. The fourth-order valence-electron chi connectivity index (χ4n) is 2.69. The Bertz CT molecular complexity index is 557. The van der Waals surface area contributed by atoms with Crippen molar-refractivity contribution in [3.63, 3.8) is 0 Å². The summed E-state index contributed by atoms with van der Waals surface area (Å²) >= 11 is 0. The minimum atomic E-state index is 0.730. The van der Waals surface area contributed by atoms with Gasteiger partial charge in [-0.2, -0.15) is 0 Å². The van der Waals surface area contributed by atoms with Gasteiger partial charge in [0.05, 0.1) is 12.2 Å². The highest BCUT2D eigenvalue weighted by molar-refractivity contribution is 5.65. The van der Waals surface area contributed by atoms with Crippen LogP contribution in [0.1, 0.15) is 25.6 Å². The number of nitrogens with zero attached hydrogens (tertiary/aromatic N) is 4. The molecule has 2 aromatic rings. The second-order valence-electron chi connectivity index (χ2n) is 5.05. The van der Waals surface area contributed by atoms with Crippen molar-refractivity contribution in [1.82, 2.24) is 14.5 Å². The zero-order valence-electron chi connectivity index (χ0n) is 11.9. The van der Waals surface area contributed by atoms with Gasteiger partial charge in [-0.15, -0.1) is 0 Å². The van der Waals surface area contributed by atoms with Gasteiger partial charge in [0, 0.05) is 38.2 Å². The molecule has 5 nitrogen and oxygen atoms in total. The standard InChI is InChI=1S/C15H21N5/c1-2-19-11-8-16-14(19)12-18-13-6-5-7-17-15(13)20-9-3-4-10-20/h5-8,11,18H,2-4,9-10,12H2,1H3. The highest BCUT2D eigenvalue weighted by Crippen LogP contribution is 2.26. The summed E-state index contributed by atoms with van der Waals surface area (Å²) in [5, 5.41) is 3.48. The Morgan fingerprint density at radius 2 is 2.05 bits per heavy atom. The molecule has 1 fully saturated rings. The van der Waals surface area contributed by atoms with Crippen molar-refractivity contribution in [2.75, 3.05) is 23.3 Å². The lowest BCUT2D eigenvalue weighted by Gasteiger charge is -2.20. The van der Waals surface area contributed by atoms with Crippen LogP contribution in [0.5, 0.6) is 0 Å². The molecule has 0 aliphatic carbocycles. The van der Waals surface area contributed by atoms with E-state index in [-0.39, 0.29) is 0 Å². The summed E-state index contributed by atoms with van der Waals surface area (Å²) in [6, 6.07) is 4.08. The SMILES string of the molecule is CCn1ccnc1CNc1cccnc1N1CCCC1. The van der Waals surface area contributed by atoms with Gasteiger partial charge in [0.15, 0.2) is 5.82 Å². The average Bonchev–Trinajstić information content (AvgIpc) is 3.16. The van der Waals surface area contributed by atoms with Crippen molar-refractivity contribution in [2.24, 2.45) is 0 Å². The van der Waals surface area contributed by atoms with Gasteiger partial charge < -0.3 is 14.8 Å². The van der Waals surface area contributed by atoms with Crippen molar-refractivity contribution in [3.8, 4) is 0 Å². The van der Waals surface area contributed by atoms with Gasteiger partial charge in [0.25, 0.3) is 0 Å². The summed E-state index contributed by atoms with van der Waals surface area (Å²) in [6.07, 6.45) is 8.26. The van der Waals surface area contributed by atoms with Crippen molar-refractivity contribution in [1.29, 1.82) is 0 Å². The molecule has 0 atom stereocenters. The summed E-state index contributed by atoms with van der Waals surface area (Å²) in [6.45, 7) is 6.02. The average molecular weight is 271 g/mol. The molecule has 20 heavy (non-hydrogen) atoms. The second kappa shape index (κ2) is 5.94. The molecule has 2 aromatic heterocycles. The summed E-state index contributed by atoms with van der Waals surface area (Å²) in [5.41, 5.74) is 1.10. The molecule has 0 amide bonds. The van der Waals surface area contributed by atoms with E-state index in [4.69, 9.17) is 0 Å². The van der Waals surface area contributed by atoms with E-state index in [9.17, 15) is 0 Å². The Morgan fingerprint density at radius 1 is 1.20 bits per heavy atom. The first-order chi connectivity index (χ1) is 9.88. The molecular formula is C15H21N5. The van der Waals surface area contributed by atoms with Crippen LogP contribution in [0, 0.1) is 0 Å². The van der Waals surface area contributed by atoms with Gasteiger partial charge in [-0.05, 0) is 31.9 Å². The maximum atomic E-state index is 4.54. The van der Waals surface area contributed by atoms with Gasteiger partial charge in [-0.1, -0.05) is 0 Å². The van der Waals surface area contributed by atoms with Crippen molar-refractivity contribution < 1.29 is 0 Å². The number of hydrogen-bond donors (Lipinski definition) is 1. The third-order valence-electron chi connectivity index (χ3n) is 3.77. The third-order valence-corrected chi connectivity index (χ3v) is 3.77. The molecule has 3 heterocycles. The predicted octanol–water partition coefficient (Wildman–Crippen LogP) is 2.51. The van der Waals surface area contributed by atoms with Crippen LogP contribution in [-0.2, 0) is 13.1 Å². The first-order valence-electron chi connectivity index (χ1n) is 7.32. The Balaban J connectivity index is 1.74. The normalized spacial score (nSPS) is 14.8. The van der Waals surface area contributed by atoms with E-state index in [0.717, 1.165) is 43.5 Å². The van der Waals surface area contributed by atoms with Crippen LogP contribution in [0.25, 0.3) is 0 Å². The molecule has 0 bridgehead atoms. The number of anilines is 2. The second-order valence-corrected chi connectivity index (χ2v) is 5.05. The number of aromatic nitrogens is 3. The Morgan fingerprint density at radius 3 is 2.85 bits per heavy atom. The molecule has 5 heteroatoms. The smallest absolute Gasteiger partial charge is 0.151 e. The van der Waals surface area contributed by atoms with Crippen LogP contribution in [0.15, 0.2) is 30.7 Å². The van der Waals surface area contributed by atoms with Crippen LogP contribution in [-0.4, -0.2) is 27.6 Å². The first kappa shape index (κ1) is 13.0. The van der Waals surface area contributed by atoms with Gasteiger partial charge >= 0.3 is 0 Å². The number of hydrogen-bond acceptors (Lipinski definition) is 4. The molecule has 0 spiro atoms. The van der Waals surface area contributed by atoms with Crippen LogP contribution in [0.2, 0.25) is 0 Å². The molecular weight excluding hydrogens is 250 g/mol. The molecule has 1 aliphatic rings. The number of imidazole rings is 1. The monoisotopic (exact) mass is 271 g/mol. The topological polar surface area (TPSA) is 46.0 Å². The minimum absolute atomic E-state index is 0.730. The van der Waals surface area contributed by atoms with Gasteiger partial charge in [-0.25, -0.2) is 9.97 Å². The van der Waals surface area contributed by atoms with Crippen LogP contribution >= 0.6 is 0 Å². The fourth-order valence-corrected chi connectivity index (χ4v) is 2.69. The highest BCUT2D eigenvalue weighted by atomic mass is 15.2. The number of nitrogens with one attached hydrogen (secondary N) is 1. The maximum Gasteiger partial charge on any atom is 0.151 e. The molecule has 1 saturated heterocycles. The molecule has 1 aliphatic heterocycles. The van der Waals surface area contributed by atoms with E-state index in [1.807, 2.05) is 24.7 Å². The van der Waals surface area contributed by atoms with E-state index in [1.54, 1.807) is 0 Å². The van der Waals surface area contributed by atoms with E-state index in [2.05, 4.69) is 37.7 Å². The Kier molecular flexibility index (Phi) is 3.85. The molecule has 0 aromatic carbocycles. The van der Waals surface area contributed by atoms with Crippen LogP contribution < -0.4 is 10.2 Å². The number of pyridine rings is 1. The quantitative estimate of drug-likeness (QED) is 0.907. The third kappa shape index (κ3) is 2.61. The van der Waals surface area contributed by atoms with Crippen LogP contribution in [0.3, 0.4) is 0 Å². The lowest BCUT2D eigenvalue weighted by atomic mass is 10.3.